The van der Waals surface area contributed by atoms with Crippen LogP contribution in [0.25, 0.3) is 0 Å². The highest BCUT2D eigenvalue weighted by Crippen LogP contribution is 2.29. The maximum Gasteiger partial charge on any atom is 0.254 e. The predicted octanol–water partition coefficient (Wildman–Crippen LogP) is 3.32. The van der Waals surface area contributed by atoms with Crippen LogP contribution in [0, 0.1) is 12.8 Å². The SMILES string of the molecule is Cc1ccc(CN2CCC(CN3Cc4cccc(CN)c4C3=O)CC2)cc1. The number of amides is 1. The van der Waals surface area contributed by atoms with Gasteiger partial charge in [0.2, 0.25) is 0 Å². The summed E-state index contributed by atoms with van der Waals surface area (Å²) >= 11 is 0. The molecule has 0 saturated carbocycles. The predicted molar refractivity (Wildman–Crippen MR) is 108 cm³/mol. The van der Waals surface area contributed by atoms with Crippen LogP contribution < -0.4 is 5.73 Å². The summed E-state index contributed by atoms with van der Waals surface area (Å²) in [5.41, 5.74) is 11.5. The zero-order valence-corrected chi connectivity index (χ0v) is 16.2. The molecule has 1 saturated heterocycles. The van der Waals surface area contributed by atoms with Gasteiger partial charge in [-0.3, -0.25) is 9.69 Å². The van der Waals surface area contributed by atoms with E-state index in [0.717, 1.165) is 62.3 Å². The van der Waals surface area contributed by atoms with Crippen molar-refractivity contribution in [2.45, 2.75) is 39.4 Å². The molecule has 142 valence electrons. The standard InChI is InChI=1S/C23H29N3O/c1-17-5-7-18(8-6-17)14-25-11-9-19(10-12-25)15-26-16-21-4-2-3-20(13-24)22(21)23(26)27/h2-8,19H,9-16,24H2,1H3. The molecule has 27 heavy (non-hydrogen) atoms. The van der Waals surface area contributed by atoms with Crippen molar-refractivity contribution >= 4 is 5.91 Å². The first-order valence-corrected chi connectivity index (χ1v) is 10.0. The van der Waals surface area contributed by atoms with Gasteiger partial charge in [-0.1, -0.05) is 48.0 Å². The Kier molecular flexibility index (Phi) is 5.28. The summed E-state index contributed by atoms with van der Waals surface area (Å²) < 4.78 is 0. The average Bonchev–Trinajstić information content (AvgIpc) is 3.01. The summed E-state index contributed by atoms with van der Waals surface area (Å²) in [6.07, 6.45) is 2.32. The van der Waals surface area contributed by atoms with Crippen LogP contribution in [0.5, 0.6) is 0 Å². The Morgan fingerprint density at radius 3 is 2.52 bits per heavy atom. The fraction of sp³-hybridized carbons (Fsp3) is 0.435. The molecular formula is C23H29N3O. The average molecular weight is 364 g/mol. The lowest BCUT2D eigenvalue weighted by Gasteiger charge is -2.34. The van der Waals surface area contributed by atoms with Gasteiger partial charge in [-0.15, -0.1) is 0 Å². The van der Waals surface area contributed by atoms with Gasteiger partial charge in [0, 0.05) is 31.7 Å². The van der Waals surface area contributed by atoms with Gasteiger partial charge >= 0.3 is 0 Å². The van der Waals surface area contributed by atoms with E-state index in [1.54, 1.807) is 0 Å². The van der Waals surface area contributed by atoms with Crippen molar-refractivity contribution < 1.29 is 4.79 Å². The molecule has 2 N–H and O–H groups in total. The molecule has 4 rings (SSSR count). The summed E-state index contributed by atoms with van der Waals surface area (Å²) in [5.74, 6) is 0.770. The molecule has 0 unspecified atom stereocenters. The topological polar surface area (TPSA) is 49.6 Å². The number of fused-ring (bicyclic) bond motifs is 1. The molecule has 1 fully saturated rings. The van der Waals surface area contributed by atoms with Crippen LogP contribution in [0.4, 0.5) is 0 Å². The van der Waals surface area contributed by atoms with Gasteiger partial charge < -0.3 is 10.6 Å². The second-order valence-electron chi connectivity index (χ2n) is 8.05. The fourth-order valence-corrected chi connectivity index (χ4v) is 4.40. The quantitative estimate of drug-likeness (QED) is 0.886. The van der Waals surface area contributed by atoms with Crippen molar-refractivity contribution in [1.29, 1.82) is 0 Å². The maximum absolute atomic E-state index is 12.8. The minimum atomic E-state index is 0.174. The number of nitrogens with zero attached hydrogens (tertiary/aromatic N) is 2. The molecule has 2 aromatic rings. The van der Waals surface area contributed by atoms with Crippen LogP contribution in [-0.4, -0.2) is 35.3 Å². The van der Waals surface area contributed by atoms with Gasteiger partial charge in [0.1, 0.15) is 0 Å². The van der Waals surface area contributed by atoms with Crippen molar-refractivity contribution in [2.75, 3.05) is 19.6 Å². The minimum absolute atomic E-state index is 0.174. The Morgan fingerprint density at radius 2 is 1.81 bits per heavy atom. The van der Waals surface area contributed by atoms with Gasteiger partial charge in [0.15, 0.2) is 0 Å². The summed E-state index contributed by atoms with van der Waals surface area (Å²) in [4.78, 5) is 17.4. The number of carbonyl (C=O) groups excluding carboxylic acids is 1. The van der Waals surface area contributed by atoms with Crippen molar-refractivity contribution in [3.8, 4) is 0 Å². The van der Waals surface area contributed by atoms with Crippen LogP contribution in [0.3, 0.4) is 0 Å². The van der Waals surface area contributed by atoms with Gasteiger partial charge in [-0.05, 0) is 55.5 Å². The first-order valence-electron chi connectivity index (χ1n) is 10.0. The van der Waals surface area contributed by atoms with Crippen molar-refractivity contribution in [3.05, 3.63) is 70.3 Å². The second-order valence-corrected chi connectivity index (χ2v) is 8.05. The number of hydrogen-bond acceptors (Lipinski definition) is 3. The van der Waals surface area contributed by atoms with Crippen LogP contribution in [0.2, 0.25) is 0 Å². The third-order valence-electron chi connectivity index (χ3n) is 6.03. The lowest BCUT2D eigenvalue weighted by molar-refractivity contribution is 0.0710. The molecule has 4 heteroatoms. The number of rotatable bonds is 5. The summed E-state index contributed by atoms with van der Waals surface area (Å²) in [6.45, 7) is 7.43. The van der Waals surface area contributed by atoms with E-state index in [4.69, 9.17) is 5.73 Å². The number of benzene rings is 2. The van der Waals surface area contributed by atoms with Crippen LogP contribution in [0.1, 0.15) is 45.5 Å². The normalized spacial score (nSPS) is 18.1. The van der Waals surface area contributed by atoms with Gasteiger partial charge in [-0.25, -0.2) is 0 Å². The molecule has 2 aliphatic heterocycles. The number of piperidine rings is 1. The van der Waals surface area contributed by atoms with Gasteiger partial charge in [0.25, 0.3) is 5.91 Å². The zero-order chi connectivity index (χ0) is 18.8. The van der Waals surface area contributed by atoms with E-state index in [1.165, 1.54) is 11.1 Å². The fourth-order valence-electron chi connectivity index (χ4n) is 4.40. The third-order valence-corrected chi connectivity index (χ3v) is 6.03. The van der Waals surface area contributed by atoms with E-state index in [2.05, 4.69) is 42.2 Å². The van der Waals surface area contributed by atoms with Crippen molar-refractivity contribution in [3.63, 3.8) is 0 Å². The number of hydrogen-bond donors (Lipinski definition) is 1. The van der Waals surface area contributed by atoms with Gasteiger partial charge in [-0.2, -0.15) is 0 Å². The molecule has 0 radical (unpaired) electrons. The smallest absolute Gasteiger partial charge is 0.254 e. The van der Waals surface area contributed by atoms with Crippen molar-refractivity contribution in [1.82, 2.24) is 9.80 Å². The van der Waals surface area contributed by atoms with E-state index >= 15 is 0 Å². The van der Waals surface area contributed by atoms with Gasteiger partial charge in [0.05, 0.1) is 0 Å². The van der Waals surface area contributed by atoms with E-state index in [9.17, 15) is 4.79 Å². The highest BCUT2D eigenvalue weighted by molar-refractivity contribution is 5.99. The molecule has 0 spiro atoms. The third kappa shape index (κ3) is 3.92. The maximum atomic E-state index is 12.8. The van der Waals surface area contributed by atoms with E-state index in [0.29, 0.717) is 12.5 Å². The molecular weight excluding hydrogens is 334 g/mol. The van der Waals surface area contributed by atoms with E-state index in [1.807, 2.05) is 17.0 Å². The van der Waals surface area contributed by atoms with Crippen LogP contribution in [0.15, 0.2) is 42.5 Å². The molecule has 2 heterocycles. The Labute approximate surface area is 162 Å². The van der Waals surface area contributed by atoms with Crippen LogP contribution >= 0.6 is 0 Å². The minimum Gasteiger partial charge on any atom is -0.334 e. The molecule has 4 nitrogen and oxygen atoms in total. The number of aryl methyl sites for hydroxylation is 1. The number of nitrogens with two attached hydrogens (primary N) is 1. The monoisotopic (exact) mass is 363 g/mol. The second kappa shape index (κ2) is 7.83. The Hall–Kier alpha value is -2.17. The Balaban J connectivity index is 1.31. The first kappa shape index (κ1) is 18.2. The lowest BCUT2D eigenvalue weighted by Crippen LogP contribution is -2.38. The van der Waals surface area contributed by atoms with E-state index < -0.39 is 0 Å². The summed E-state index contributed by atoms with van der Waals surface area (Å²) in [7, 11) is 0. The number of likely N-dealkylation sites (tertiary alicyclic amines) is 1. The molecule has 2 aliphatic rings. The van der Waals surface area contributed by atoms with Crippen LogP contribution in [-0.2, 0) is 19.6 Å². The highest BCUT2D eigenvalue weighted by Gasteiger charge is 2.31. The van der Waals surface area contributed by atoms with Crippen molar-refractivity contribution in [2.24, 2.45) is 11.7 Å². The number of carbonyl (C=O) groups is 1. The molecule has 0 aromatic heterocycles. The molecule has 1 amide bonds. The first-order chi connectivity index (χ1) is 13.1. The lowest BCUT2D eigenvalue weighted by atomic mass is 9.95. The molecule has 2 aromatic carbocycles. The molecule has 0 atom stereocenters. The highest BCUT2D eigenvalue weighted by atomic mass is 16.2. The largest absolute Gasteiger partial charge is 0.334 e. The summed E-state index contributed by atoms with van der Waals surface area (Å²) in [6, 6.07) is 14.9. The zero-order valence-electron chi connectivity index (χ0n) is 16.2. The molecule has 0 aliphatic carbocycles. The Morgan fingerprint density at radius 1 is 1.07 bits per heavy atom. The van der Waals surface area contributed by atoms with E-state index in [-0.39, 0.29) is 5.91 Å². The Bertz CT molecular complexity index is 807. The summed E-state index contributed by atoms with van der Waals surface area (Å²) in [5, 5.41) is 0. The molecule has 0 bridgehead atoms.